The summed E-state index contributed by atoms with van der Waals surface area (Å²) in [5.74, 6) is 1.41. The van der Waals surface area contributed by atoms with Gasteiger partial charge in [0.25, 0.3) is 0 Å². The predicted octanol–water partition coefficient (Wildman–Crippen LogP) is 3.58. The number of carbonyl (C=O) groups excluding carboxylic acids is 1. The molecular formula is C22H29N3O2. The van der Waals surface area contributed by atoms with Crippen molar-refractivity contribution in [3.8, 4) is 5.75 Å². The molecule has 0 radical (unpaired) electrons. The van der Waals surface area contributed by atoms with Gasteiger partial charge in [0.2, 0.25) is 5.91 Å². The third-order valence-electron chi connectivity index (χ3n) is 5.02. The van der Waals surface area contributed by atoms with Gasteiger partial charge >= 0.3 is 0 Å². The first-order valence-electron chi connectivity index (χ1n) is 9.56. The molecule has 1 aliphatic rings. The molecule has 3 rings (SSSR count). The van der Waals surface area contributed by atoms with Crippen LogP contribution in [0.25, 0.3) is 0 Å². The van der Waals surface area contributed by atoms with E-state index in [4.69, 9.17) is 4.74 Å². The Morgan fingerprint density at radius 1 is 1.07 bits per heavy atom. The fraction of sp³-hybridized carbons (Fsp3) is 0.409. The van der Waals surface area contributed by atoms with E-state index >= 15 is 0 Å². The molecule has 144 valence electrons. The molecule has 0 saturated carbocycles. The number of hydrogen-bond acceptors (Lipinski definition) is 4. The zero-order chi connectivity index (χ0) is 19.2. The lowest BCUT2D eigenvalue weighted by atomic mass is 10.0. The normalized spacial score (nSPS) is 15.0. The largest absolute Gasteiger partial charge is 0.497 e. The van der Waals surface area contributed by atoms with Crippen molar-refractivity contribution in [1.82, 2.24) is 4.90 Å². The van der Waals surface area contributed by atoms with E-state index in [0.29, 0.717) is 12.5 Å². The van der Waals surface area contributed by atoms with Crippen molar-refractivity contribution in [2.24, 2.45) is 0 Å². The van der Waals surface area contributed by atoms with Gasteiger partial charge in [-0.1, -0.05) is 32.0 Å². The van der Waals surface area contributed by atoms with Crippen molar-refractivity contribution in [2.45, 2.75) is 19.8 Å². The Kier molecular flexibility index (Phi) is 6.35. The summed E-state index contributed by atoms with van der Waals surface area (Å²) in [7, 11) is 1.69. The van der Waals surface area contributed by atoms with Crippen molar-refractivity contribution in [2.75, 3.05) is 50.1 Å². The number of rotatable bonds is 6. The van der Waals surface area contributed by atoms with E-state index in [0.717, 1.165) is 37.6 Å². The molecule has 1 fully saturated rings. The second-order valence-electron chi connectivity index (χ2n) is 7.29. The van der Waals surface area contributed by atoms with Crippen LogP contribution in [0, 0.1) is 0 Å². The first-order chi connectivity index (χ1) is 13.0. The minimum Gasteiger partial charge on any atom is -0.497 e. The fourth-order valence-corrected chi connectivity index (χ4v) is 3.33. The standard InChI is InChI=1S/C22H29N3O2/c1-17(2)18-7-9-19(10-8-18)23-22(26)16-24-11-13-25(14-12-24)20-5-4-6-21(15-20)27-3/h4-10,15,17H,11-14,16H2,1-3H3,(H,23,26). The maximum Gasteiger partial charge on any atom is 0.238 e. The SMILES string of the molecule is COc1cccc(N2CCN(CC(=O)Nc3ccc(C(C)C)cc3)CC2)c1. The van der Waals surface area contributed by atoms with Gasteiger partial charge in [0.15, 0.2) is 0 Å². The van der Waals surface area contributed by atoms with Crippen molar-refractivity contribution in [3.05, 3.63) is 54.1 Å². The molecule has 5 heteroatoms. The third kappa shape index (κ3) is 5.23. The number of benzene rings is 2. The maximum atomic E-state index is 12.4. The molecule has 27 heavy (non-hydrogen) atoms. The lowest BCUT2D eigenvalue weighted by Gasteiger charge is -2.35. The minimum atomic E-state index is 0.0436. The number of ether oxygens (including phenoxy) is 1. The van der Waals surface area contributed by atoms with Gasteiger partial charge in [-0.3, -0.25) is 9.69 Å². The molecule has 1 amide bonds. The molecule has 0 atom stereocenters. The molecule has 1 saturated heterocycles. The Hall–Kier alpha value is -2.53. The Labute approximate surface area is 161 Å². The van der Waals surface area contributed by atoms with Crippen LogP contribution >= 0.6 is 0 Å². The predicted molar refractivity (Wildman–Crippen MR) is 111 cm³/mol. The van der Waals surface area contributed by atoms with Crippen LogP contribution in [0.15, 0.2) is 48.5 Å². The molecule has 0 aliphatic carbocycles. The van der Waals surface area contributed by atoms with Crippen LogP contribution < -0.4 is 15.0 Å². The summed E-state index contributed by atoms with van der Waals surface area (Å²) in [6.07, 6.45) is 0. The third-order valence-corrected chi connectivity index (χ3v) is 5.02. The Bertz CT molecular complexity index is 750. The highest BCUT2D eigenvalue weighted by atomic mass is 16.5. The molecule has 1 heterocycles. The van der Waals surface area contributed by atoms with Crippen molar-refractivity contribution in [3.63, 3.8) is 0 Å². The zero-order valence-corrected chi connectivity index (χ0v) is 16.4. The lowest BCUT2D eigenvalue weighted by molar-refractivity contribution is -0.117. The van der Waals surface area contributed by atoms with E-state index in [1.807, 2.05) is 24.3 Å². The van der Waals surface area contributed by atoms with Crippen LogP contribution in [0.4, 0.5) is 11.4 Å². The first-order valence-corrected chi connectivity index (χ1v) is 9.56. The highest BCUT2D eigenvalue weighted by Crippen LogP contribution is 2.22. The van der Waals surface area contributed by atoms with E-state index in [1.54, 1.807) is 7.11 Å². The summed E-state index contributed by atoms with van der Waals surface area (Å²) in [4.78, 5) is 16.9. The summed E-state index contributed by atoms with van der Waals surface area (Å²) in [6, 6.07) is 16.2. The van der Waals surface area contributed by atoms with E-state index in [1.165, 1.54) is 11.3 Å². The van der Waals surface area contributed by atoms with Gasteiger partial charge in [-0.15, -0.1) is 0 Å². The summed E-state index contributed by atoms with van der Waals surface area (Å²) in [6.45, 7) is 8.32. The molecule has 0 aromatic heterocycles. The summed E-state index contributed by atoms with van der Waals surface area (Å²) in [5.41, 5.74) is 3.31. The molecule has 1 aliphatic heterocycles. The van der Waals surface area contributed by atoms with Gasteiger partial charge in [0.1, 0.15) is 5.75 Å². The van der Waals surface area contributed by atoms with E-state index in [9.17, 15) is 4.79 Å². The van der Waals surface area contributed by atoms with Crippen LogP contribution in [0.5, 0.6) is 5.75 Å². The van der Waals surface area contributed by atoms with Gasteiger partial charge in [0, 0.05) is 43.6 Å². The highest BCUT2D eigenvalue weighted by molar-refractivity contribution is 5.92. The van der Waals surface area contributed by atoms with E-state index < -0.39 is 0 Å². The van der Waals surface area contributed by atoms with Gasteiger partial charge in [-0.25, -0.2) is 0 Å². The number of piperazine rings is 1. The molecular weight excluding hydrogens is 338 g/mol. The Morgan fingerprint density at radius 3 is 2.41 bits per heavy atom. The molecule has 0 spiro atoms. The fourth-order valence-electron chi connectivity index (χ4n) is 3.33. The topological polar surface area (TPSA) is 44.8 Å². The number of amides is 1. The van der Waals surface area contributed by atoms with Crippen LogP contribution in [0.1, 0.15) is 25.3 Å². The van der Waals surface area contributed by atoms with Crippen LogP contribution in [-0.4, -0.2) is 50.6 Å². The van der Waals surface area contributed by atoms with Crippen molar-refractivity contribution >= 4 is 17.3 Å². The molecule has 1 N–H and O–H groups in total. The average Bonchev–Trinajstić information content (AvgIpc) is 2.69. The van der Waals surface area contributed by atoms with Crippen LogP contribution in [-0.2, 0) is 4.79 Å². The smallest absolute Gasteiger partial charge is 0.238 e. The molecule has 0 unspecified atom stereocenters. The Morgan fingerprint density at radius 2 is 1.78 bits per heavy atom. The van der Waals surface area contributed by atoms with Crippen LogP contribution in [0.2, 0.25) is 0 Å². The van der Waals surface area contributed by atoms with Crippen LogP contribution in [0.3, 0.4) is 0 Å². The van der Waals surface area contributed by atoms with Gasteiger partial charge in [0.05, 0.1) is 13.7 Å². The highest BCUT2D eigenvalue weighted by Gasteiger charge is 2.19. The monoisotopic (exact) mass is 367 g/mol. The van der Waals surface area contributed by atoms with E-state index in [2.05, 4.69) is 53.2 Å². The van der Waals surface area contributed by atoms with E-state index in [-0.39, 0.29) is 5.91 Å². The quantitative estimate of drug-likeness (QED) is 0.848. The zero-order valence-electron chi connectivity index (χ0n) is 16.4. The summed E-state index contributed by atoms with van der Waals surface area (Å²) >= 11 is 0. The summed E-state index contributed by atoms with van der Waals surface area (Å²) in [5, 5.41) is 3.00. The number of nitrogens with one attached hydrogen (secondary N) is 1. The number of nitrogens with zero attached hydrogens (tertiary/aromatic N) is 2. The minimum absolute atomic E-state index is 0.0436. The number of carbonyl (C=O) groups is 1. The molecule has 0 bridgehead atoms. The second kappa shape index (κ2) is 8.91. The van der Waals surface area contributed by atoms with Crippen molar-refractivity contribution < 1.29 is 9.53 Å². The van der Waals surface area contributed by atoms with Gasteiger partial charge in [-0.2, -0.15) is 0 Å². The average molecular weight is 367 g/mol. The summed E-state index contributed by atoms with van der Waals surface area (Å²) < 4.78 is 5.31. The first kappa shape index (κ1) is 19.2. The van der Waals surface area contributed by atoms with Gasteiger partial charge < -0.3 is 15.0 Å². The molecule has 2 aromatic carbocycles. The second-order valence-corrected chi connectivity index (χ2v) is 7.29. The van der Waals surface area contributed by atoms with Gasteiger partial charge in [-0.05, 0) is 35.7 Å². The Balaban J connectivity index is 1.47. The number of hydrogen-bond donors (Lipinski definition) is 1. The number of methoxy groups -OCH3 is 1. The lowest BCUT2D eigenvalue weighted by Crippen LogP contribution is -2.48. The number of anilines is 2. The van der Waals surface area contributed by atoms with Crippen molar-refractivity contribution in [1.29, 1.82) is 0 Å². The molecule has 2 aromatic rings. The maximum absolute atomic E-state index is 12.4. The molecule has 5 nitrogen and oxygen atoms in total.